The van der Waals surface area contributed by atoms with Crippen LogP contribution in [0, 0.1) is 0 Å². The van der Waals surface area contributed by atoms with Crippen LogP contribution in [0.15, 0.2) is 28.9 Å². The lowest BCUT2D eigenvalue weighted by Crippen LogP contribution is -2.10. The highest BCUT2D eigenvalue weighted by atomic mass is 35.5. The Morgan fingerprint density at radius 1 is 1.40 bits per heavy atom. The van der Waals surface area contributed by atoms with Crippen molar-refractivity contribution < 1.29 is 18.7 Å². The average molecular weight is 299 g/mol. The number of aromatic nitrogens is 1. The fourth-order valence-electron chi connectivity index (χ4n) is 1.60. The molecule has 0 atom stereocenters. The van der Waals surface area contributed by atoms with Gasteiger partial charge in [0.05, 0.1) is 13.7 Å². The number of methoxy groups -OCH3 is 1. The lowest BCUT2D eigenvalue weighted by molar-refractivity contribution is 0.0995. The number of carbonyl (C=O) groups is 1. The topological polar surface area (TPSA) is 87.6 Å². The minimum Gasteiger partial charge on any atom is -0.493 e. The molecule has 1 amide bonds. The molecular weight excluding hydrogens is 284 g/mol. The Labute approximate surface area is 122 Å². The number of rotatable bonds is 5. The third-order valence-electron chi connectivity index (χ3n) is 2.47. The van der Waals surface area contributed by atoms with Gasteiger partial charge in [0, 0.05) is 5.56 Å². The van der Waals surface area contributed by atoms with E-state index in [9.17, 15) is 4.79 Å². The largest absolute Gasteiger partial charge is 0.493 e. The zero-order chi connectivity index (χ0) is 13.8. The summed E-state index contributed by atoms with van der Waals surface area (Å²) < 4.78 is 15.9. The predicted molar refractivity (Wildman–Crippen MR) is 75.4 cm³/mol. The molecule has 2 aromatic rings. The maximum atomic E-state index is 11.0. The second-order valence-electron chi connectivity index (χ2n) is 3.70. The van der Waals surface area contributed by atoms with Crippen molar-refractivity contribution in [2.75, 3.05) is 13.7 Å². The molecule has 108 valence electrons. The van der Waals surface area contributed by atoms with Crippen molar-refractivity contribution in [2.24, 2.45) is 5.73 Å². The maximum absolute atomic E-state index is 11.0. The monoisotopic (exact) mass is 298 g/mol. The summed E-state index contributed by atoms with van der Waals surface area (Å²) in [5.74, 6) is 0.875. The van der Waals surface area contributed by atoms with Crippen molar-refractivity contribution >= 4 is 18.3 Å². The molecule has 7 heteroatoms. The Balaban J connectivity index is 0.00000200. The molecule has 20 heavy (non-hydrogen) atoms. The minimum absolute atomic E-state index is 0. The third kappa shape index (κ3) is 3.21. The number of carbonyl (C=O) groups excluding carboxylic acids is 1. The minimum atomic E-state index is -0.631. The number of hydrogen-bond acceptors (Lipinski definition) is 5. The van der Waals surface area contributed by atoms with Crippen LogP contribution in [0.3, 0.4) is 0 Å². The van der Waals surface area contributed by atoms with E-state index in [2.05, 4.69) is 4.98 Å². The van der Waals surface area contributed by atoms with Crippen molar-refractivity contribution in [3.63, 3.8) is 0 Å². The van der Waals surface area contributed by atoms with Crippen LogP contribution in [-0.4, -0.2) is 24.6 Å². The van der Waals surface area contributed by atoms with Gasteiger partial charge in [-0.15, -0.1) is 12.4 Å². The molecule has 0 spiro atoms. The van der Waals surface area contributed by atoms with E-state index in [4.69, 9.17) is 19.6 Å². The molecule has 0 unspecified atom stereocenters. The molecule has 1 aromatic heterocycles. The van der Waals surface area contributed by atoms with Crippen LogP contribution in [0.25, 0.3) is 11.5 Å². The smallest absolute Gasteiger partial charge is 0.270 e. The predicted octanol–water partition coefficient (Wildman–Crippen LogP) is 2.27. The Kier molecular flexibility index (Phi) is 5.40. The van der Waals surface area contributed by atoms with Crippen molar-refractivity contribution in [2.45, 2.75) is 6.92 Å². The van der Waals surface area contributed by atoms with Gasteiger partial charge in [-0.3, -0.25) is 4.79 Å². The van der Waals surface area contributed by atoms with Crippen LogP contribution >= 0.6 is 12.4 Å². The lowest BCUT2D eigenvalue weighted by Gasteiger charge is -2.09. The Morgan fingerprint density at radius 2 is 2.15 bits per heavy atom. The Hall–Kier alpha value is -2.21. The van der Waals surface area contributed by atoms with E-state index in [0.717, 1.165) is 0 Å². The second kappa shape index (κ2) is 6.81. The first-order valence-corrected chi connectivity index (χ1v) is 5.72. The molecule has 0 aliphatic heterocycles. The van der Waals surface area contributed by atoms with Crippen molar-refractivity contribution in [1.82, 2.24) is 4.98 Å². The van der Waals surface area contributed by atoms with Gasteiger partial charge < -0.3 is 19.6 Å². The third-order valence-corrected chi connectivity index (χ3v) is 2.47. The van der Waals surface area contributed by atoms with E-state index in [1.165, 1.54) is 6.26 Å². The van der Waals surface area contributed by atoms with Gasteiger partial charge in [-0.25, -0.2) is 4.98 Å². The number of amides is 1. The van der Waals surface area contributed by atoms with Gasteiger partial charge in [-0.1, -0.05) is 0 Å². The summed E-state index contributed by atoms with van der Waals surface area (Å²) in [5.41, 5.74) is 5.89. The van der Waals surface area contributed by atoms with Crippen LogP contribution < -0.4 is 15.2 Å². The van der Waals surface area contributed by atoms with Crippen LogP contribution in [-0.2, 0) is 0 Å². The number of hydrogen-bond donors (Lipinski definition) is 1. The van der Waals surface area contributed by atoms with Crippen LogP contribution in [0.1, 0.15) is 17.4 Å². The average Bonchev–Trinajstić information content (AvgIpc) is 2.89. The molecular formula is C13H15ClN2O4. The molecule has 2 N–H and O–H groups in total. The quantitative estimate of drug-likeness (QED) is 0.915. The summed E-state index contributed by atoms with van der Waals surface area (Å²) in [4.78, 5) is 15.0. The van der Waals surface area contributed by atoms with Crippen LogP contribution in [0.2, 0.25) is 0 Å². The number of nitrogens with two attached hydrogens (primary N) is 1. The SMILES string of the molecule is CCOc1cc(-c2nc(C(N)=O)co2)ccc1OC.Cl. The van der Waals surface area contributed by atoms with Crippen molar-refractivity contribution in [1.29, 1.82) is 0 Å². The Bertz CT molecular complexity index is 598. The van der Waals surface area contributed by atoms with Gasteiger partial charge >= 0.3 is 0 Å². The normalized spacial score (nSPS) is 9.70. The zero-order valence-corrected chi connectivity index (χ0v) is 11.9. The fourth-order valence-corrected chi connectivity index (χ4v) is 1.60. The number of oxazole rings is 1. The first-order chi connectivity index (χ1) is 9.15. The van der Waals surface area contributed by atoms with Gasteiger partial charge in [0.25, 0.3) is 5.91 Å². The van der Waals surface area contributed by atoms with Gasteiger partial charge in [0.1, 0.15) is 6.26 Å². The molecule has 0 aliphatic rings. The van der Waals surface area contributed by atoms with E-state index in [1.807, 2.05) is 6.92 Å². The number of ether oxygens (including phenoxy) is 2. The fraction of sp³-hybridized carbons (Fsp3) is 0.231. The summed E-state index contributed by atoms with van der Waals surface area (Å²) in [6.45, 7) is 2.39. The summed E-state index contributed by atoms with van der Waals surface area (Å²) in [5, 5.41) is 0. The van der Waals surface area contributed by atoms with Gasteiger partial charge in [0.15, 0.2) is 17.2 Å². The molecule has 0 bridgehead atoms. The maximum Gasteiger partial charge on any atom is 0.270 e. The van der Waals surface area contributed by atoms with E-state index >= 15 is 0 Å². The highest BCUT2D eigenvalue weighted by Crippen LogP contribution is 2.32. The molecule has 0 fully saturated rings. The highest BCUT2D eigenvalue weighted by molar-refractivity contribution is 5.90. The van der Waals surface area contributed by atoms with E-state index in [0.29, 0.717) is 29.6 Å². The second-order valence-corrected chi connectivity index (χ2v) is 3.70. The molecule has 0 saturated carbocycles. The highest BCUT2D eigenvalue weighted by Gasteiger charge is 2.13. The number of benzene rings is 1. The van der Waals surface area contributed by atoms with Gasteiger partial charge in [-0.05, 0) is 25.1 Å². The number of halogens is 1. The first kappa shape index (κ1) is 15.8. The summed E-state index contributed by atoms with van der Waals surface area (Å²) in [7, 11) is 1.56. The molecule has 1 aromatic carbocycles. The van der Waals surface area contributed by atoms with Crippen molar-refractivity contribution in [3.8, 4) is 23.0 Å². The molecule has 0 aliphatic carbocycles. The summed E-state index contributed by atoms with van der Waals surface area (Å²) in [6.07, 6.45) is 1.22. The molecule has 0 saturated heterocycles. The Morgan fingerprint density at radius 3 is 2.70 bits per heavy atom. The molecule has 1 heterocycles. The standard InChI is InChI=1S/C13H14N2O4.ClH/c1-3-18-11-6-8(4-5-10(11)17-2)13-15-9(7-19-13)12(14)16;/h4-7H,3H2,1-2H3,(H2,14,16);1H. The molecule has 6 nitrogen and oxygen atoms in total. The van der Waals surface area contributed by atoms with E-state index < -0.39 is 5.91 Å². The number of nitrogens with zero attached hydrogens (tertiary/aromatic N) is 1. The summed E-state index contributed by atoms with van der Waals surface area (Å²) >= 11 is 0. The molecule has 0 radical (unpaired) electrons. The number of primary amides is 1. The van der Waals surface area contributed by atoms with Gasteiger partial charge in [-0.2, -0.15) is 0 Å². The van der Waals surface area contributed by atoms with Gasteiger partial charge in [0.2, 0.25) is 5.89 Å². The zero-order valence-electron chi connectivity index (χ0n) is 11.1. The lowest BCUT2D eigenvalue weighted by atomic mass is 10.2. The van der Waals surface area contributed by atoms with Crippen LogP contribution in [0.4, 0.5) is 0 Å². The summed E-state index contributed by atoms with van der Waals surface area (Å²) in [6, 6.07) is 5.24. The molecule has 2 rings (SSSR count). The van der Waals surface area contributed by atoms with E-state index in [1.54, 1.807) is 25.3 Å². The van der Waals surface area contributed by atoms with Crippen molar-refractivity contribution in [3.05, 3.63) is 30.2 Å². The van der Waals surface area contributed by atoms with Crippen LogP contribution in [0.5, 0.6) is 11.5 Å². The van der Waals surface area contributed by atoms with E-state index in [-0.39, 0.29) is 18.1 Å². The first-order valence-electron chi connectivity index (χ1n) is 5.72.